The lowest BCUT2D eigenvalue weighted by Crippen LogP contribution is -2.35. The minimum atomic E-state index is 0.809. The van der Waals surface area contributed by atoms with Crippen molar-refractivity contribution in [3.8, 4) is 5.75 Å². The summed E-state index contributed by atoms with van der Waals surface area (Å²) in [6, 6.07) is 6.72. The van der Waals surface area contributed by atoms with Crippen molar-refractivity contribution in [3.63, 3.8) is 0 Å². The first-order valence-corrected chi connectivity index (χ1v) is 8.81. The highest BCUT2D eigenvalue weighted by Gasteiger charge is 2.20. The van der Waals surface area contributed by atoms with Gasteiger partial charge < -0.3 is 14.6 Å². The quantitative estimate of drug-likeness (QED) is 0.923. The lowest BCUT2D eigenvalue weighted by atomic mass is 9.92. The molecule has 1 fully saturated rings. The van der Waals surface area contributed by atoms with Crippen molar-refractivity contribution in [3.05, 3.63) is 47.5 Å². The second kappa shape index (κ2) is 6.75. The van der Waals surface area contributed by atoms with E-state index in [9.17, 15) is 0 Å². The molecule has 0 atom stereocenters. The number of aromatic nitrogens is 2. The van der Waals surface area contributed by atoms with Crippen LogP contribution in [0.25, 0.3) is 0 Å². The Morgan fingerprint density at radius 1 is 1.26 bits per heavy atom. The largest absolute Gasteiger partial charge is 0.493 e. The number of H-pyrrole nitrogens is 1. The van der Waals surface area contributed by atoms with Crippen LogP contribution in [0.15, 0.2) is 30.7 Å². The predicted molar refractivity (Wildman–Crippen MR) is 90.8 cm³/mol. The van der Waals surface area contributed by atoms with Crippen LogP contribution < -0.4 is 4.74 Å². The number of fused-ring (bicyclic) bond motifs is 1. The van der Waals surface area contributed by atoms with Gasteiger partial charge in [-0.05, 0) is 61.9 Å². The van der Waals surface area contributed by atoms with E-state index in [1.165, 1.54) is 49.3 Å². The summed E-state index contributed by atoms with van der Waals surface area (Å²) in [6.07, 6.45) is 9.73. The van der Waals surface area contributed by atoms with Crippen molar-refractivity contribution in [2.24, 2.45) is 5.92 Å². The smallest absolute Gasteiger partial charge is 0.122 e. The van der Waals surface area contributed by atoms with Crippen LogP contribution in [0.4, 0.5) is 0 Å². The maximum Gasteiger partial charge on any atom is 0.122 e. The molecule has 0 saturated carbocycles. The first kappa shape index (κ1) is 14.8. The molecule has 3 heterocycles. The highest BCUT2D eigenvalue weighted by Crippen LogP contribution is 2.26. The molecule has 4 nitrogen and oxygen atoms in total. The summed E-state index contributed by atoms with van der Waals surface area (Å²) < 4.78 is 5.59. The first-order chi connectivity index (χ1) is 11.4. The van der Waals surface area contributed by atoms with Crippen molar-refractivity contribution in [2.75, 3.05) is 26.2 Å². The van der Waals surface area contributed by atoms with Crippen LogP contribution in [-0.2, 0) is 19.3 Å². The van der Waals surface area contributed by atoms with Crippen molar-refractivity contribution >= 4 is 0 Å². The van der Waals surface area contributed by atoms with Crippen LogP contribution in [-0.4, -0.2) is 41.1 Å². The lowest BCUT2D eigenvalue weighted by molar-refractivity contribution is 0.185. The molecule has 122 valence electrons. The second-order valence-corrected chi connectivity index (χ2v) is 6.86. The molecule has 1 aromatic carbocycles. The fraction of sp³-hybridized carbons (Fsp3) is 0.526. The molecule has 1 aromatic heterocycles. The van der Waals surface area contributed by atoms with E-state index in [2.05, 4.69) is 33.1 Å². The average Bonchev–Trinajstić information content (AvgIpc) is 3.25. The zero-order chi connectivity index (χ0) is 15.5. The van der Waals surface area contributed by atoms with Gasteiger partial charge in [-0.2, -0.15) is 0 Å². The SMILES string of the molecule is c1ncc(CC2CCN(CCc3ccc4c(c3)CCO4)CC2)[nH]1. The Morgan fingerprint density at radius 3 is 3.00 bits per heavy atom. The maximum atomic E-state index is 5.59. The van der Waals surface area contributed by atoms with Gasteiger partial charge >= 0.3 is 0 Å². The molecule has 4 rings (SSSR count). The molecular formula is C19H25N3O. The number of benzene rings is 1. The molecule has 1 saturated heterocycles. The molecule has 0 spiro atoms. The molecule has 2 aliphatic heterocycles. The molecular weight excluding hydrogens is 286 g/mol. The van der Waals surface area contributed by atoms with E-state index in [0.29, 0.717) is 0 Å². The van der Waals surface area contributed by atoms with Crippen LogP contribution >= 0.6 is 0 Å². The Balaban J connectivity index is 1.23. The topological polar surface area (TPSA) is 41.2 Å². The molecule has 0 bridgehead atoms. The van der Waals surface area contributed by atoms with E-state index >= 15 is 0 Å². The van der Waals surface area contributed by atoms with Gasteiger partial charge in [-0.3, -0.25) is 0 Å². The summed E-state index contributed by atoms with van der Waals surface area (Å²) in [5.41, 5.74) is 4.12. The molecule has 0 aliphatic carbocycles. The van der Waals surface area contributed by atoms with E-state index in [4.69, 9.17) is 4.74 Å². The van der Waals surface area contributed by atoms with Gasteiger partial charge in [0.25, 0.3) is 0 Å². The number of likely N-dealkylation sites (tertiary alicyclic amines) is 1. The molecule has 23 heavy (non-hydrogen) atoms. The zero-order valence-electron chi connectivity index (χ0n) is 13.6. The molecule has 0 radical (unpaired) electrons. The standard InChI is InChI=1S/C19H25N3O/c1-2-19-17(6-10-23-19)11-15(1)3-7-22-8-4-16(5-9-22)12-18-13-20-14-21-18/h1-2,11,13-14,16H,3-10,12H2,(H,20,21). The van der Waals surface area contributed by atoms with Crippen molar-refractivity contribution < 1.29 is 4.74 Å². The third-order valence-electron chi connectivity index (χ3n) is 5.24. The van der Waals surface area contributed by atoms with Gasteiger partial charge in [0.2, 0.25) is 0 Å². The van der Waals surface area contributed by atoms with Gasteiger partial charge in [0.1, 0.15) is 5.75 Å². The summed E-state index contributed by atoms with van der Waals surface area (Å²) in [6.45, 7) is 4.48. The van der Waals surface area contributed by atoms with Crippen LogP contribution in [0, 0.1) is 5.92 Å². The predicted octanol–water partition coefficient (Wildman–Crippen LogP) is 2.84. The monoisotopic (exact) mass is 311 g/mol. The highest BCUT2D eigenvalue weighted by atomic mass is 16.5. The third-order valence-corrected chi connectivity index (χ3v) is 5.24. The van der Waals surface area contributed by atoms with Crippen LogP contribution in [0.1, 0.15) is 29.7 Å². The number of ether oxygens (including phenoxy) is 1. The number of hydrogen-bond acceptors (Lipinski definition) is 3. The number of rotatable bonds is 5. The summed E-state index contributed by atoms with van der Waals surface area (Å²) in [7, 11) is 0. The minimum absolute atomic E-state index is 0.809. The molecule has 1 N–H and O–H groups in total. The van der Waals surface area contributed by atoms with Crippen molar-refractivity contribution in [1.29, 1.82) is 0 Å². The van der Waals surface area contributed by atoms with Crippen LogP contribution in [0.5, 0.6) is 5.75 Å². The van der Waals surface area contributed by atoms with E-state index in [-0.39, 0.29) is 0 Å². The fourth-order valence-electron chi connectivity index (χ4n) is 3.80. The van der Waals surface area contributed by atoms with E-state index in [1.54, 1.807) is 6.33 Å². The summed E-state index contributed by atoms with van der Waals surface area (Å²) in [4.78, 5) is 9.96. The molecule has 2 aliphatic rings. The summed E-state index contributed by atoms with van der Waals surface area (Å²) >= 11 is 0. The number of nitrogens with zero attached hydrogens (tertiary/aromatic N) is 2. The van der Waals surface area contributed by atoms with Gasteiger partial charge in [-0.15, -0.1) is 0 Å². The van der Waals surface area contributed by atoms with Gasteiger partial charge in [0.15, 0.2) is 0 Å². The fourth-order valence-corrected chi connectivity index (χ4v) is 3.80. The van der Waals surface area contributed by atoms with Gasteiger partial charge in [0, 0.05) is 24.9 Å². The lowest BCUT2D eigenvalue weighted by Gasteiger charge is -2.31. The summed E-state index contributed by atoms with van der Waals surface area (Å²) in [5.74, 6) is 1.90. The molecule has 4 heteroatoms. The third kappa shape index (κ3) is 3.58. The number of nitrogens with one attached hydrogen (secondary N) is 1. The Hall–Kier alpha value is -1.81. The Bertz CT molecular complexity index is 630. The van der Waals surface area contributed by atoms with E-state index < -0.39 is 0 Å². The normalized spacial score (nSPS) is 18.8. The summed E-state index contributed by atoms with van der Waals surface area (Å²) in [5, 5.41) is 0. The van der Waals surface area contributed by atoms with Gasteiger partial charge in [0.05, 0.1) is 12.9 Å². The maximum absolute atomic E-state index is 5.59. The molecule has 0 amide bonds. The van der Waals surface area contributed by atoms with Crippen LogP contribution in [0.2, 0.25) is 0 Å². The van der Waals surface area contributed by atoms with E-state index in [1.807, 2.05) is 6.20 Å². The average molecular weight is 311 g/mol. The number of aromatic amines is 1. The second-order valence-electron chi connectivity index (χ2n) is 6.86. The molecule has 2 aromatic rings. The Kier molecular flexibility index (Phi) is 4.33. The zero-order valence-corrected chi connectivity index (χ0v) is 13.6. The highest BCUT2D eigenvalue weighted by molar-refractivity contribution is 5.39. The number of hydrogen-bond donors (Lipinski definition) is 1. The van der Waals surface area contributed by atoms with Gasteiger partial charge in [-0.1, -0.05) is 12.1 Å². The first-order valence-electron chi connectivity index (χ1n) is 8.81. The van der Waals surface area contributed by atoms with E-state index in [0.717, 1.165) is 37.5 Å². The van der Waals surface area contributed by atoms with Crippen molar-refractivity contribution in [2.45, 2.75) is 32.1 Å². The number of piperidine rings is 1. The Labute approximate surface area is 137 Å². The van der Waals surface area contributed by atoms with Crippen molar-refractivity contribution in [1.82, 2.24) is 14.9 Å². The minimum Gasteiger partial charge on any atom is -0.493 e. The Morgan fingerprint density at radius 2 is 2.17 bits per heavy atom. The number of imidazole rings is 1. The molecule has 0 unspecified atom stereocenters. The van der Waals surface area contributed by atoms with Gasteiger partial charge in [-0.25, -0.2) is 4.98 Å². The van der Waals surface area contributed by atoms with Crippen LogP contribution in [0.3, 0.4) is 0 Å².